The van der Waals surface area contributed by atoms with E-state index in [1.165, 1.54) is 0 Å². The van der Waals surface area contributed by atoms with E-state index < -0.39 is 0 Å². The maximum atomic E-state index is 9.45. The lowest BCUT2D eigenvalue weighted by molar-refractivity contribution is 0.191. The minimum absolute atomic E-state index is 0.0166. The van der Waals surface area contributed by atoms with Gasteiger partial charge in [-0.1, -0.05) is 35.5 Å². The Morgan fingerprint density at radius 1 is 1.33 bits per heavy atom. The number of benzene rings is 1. The molecule has 3 rings (SSSR count). The zero-order valence-corrected chi connectivity index (χ0v) is 9.91. The molecule has 1 aromatic heterocycles. The molecule has 0 saturated carbocycles. The van der Waals surface area contributed by atoms with Gasteiger partial charge >= 0.3 is 0 Å². The van der Waals surface area contributed by atoms with Crippen molar-refractivity contribution in [3.05, 3.63) is 47.6 Å². The van der Waals surface area contributed by atoms with Gasteiger partial charge in [-0.3, -0.25) is 0 Å². The highest BCUT2D eigenvalue weighted by Gasteiger charge is 2.27. The van der Waals surface area contributed by atoms with Crippen LogP contribution in [0.4, 0.5) is 0 Å². The van der Waals surface area contributed by atoms with Gasteiger partial charge in [-0.25, -0.2) is 0 Å². The second-order valence-corrected chi connectivity index (χ2v) is 4.56. The van der Waals surface area contributed by atoms with Crippen LogP contribution in [-0.2, 0) is 6.42 Å². The van der Waals surface area contributed by atoms with Gasteiger partial charge in [0, 0.05) is 13.0 Å². The molecular formula is C13H15N3O2. The predicted molar refractivity (Wildman–Crippen MR) is 64.9 cm³/mol. The fourth-order valence-electron chi connectivity index (χ4n) is 2.16. The first kappa shape index (κ1) is 11.4. The monoisotopic (exact) mass is 245 g/mol. The summed E-state index contributed by atoms with van der Waals surface area (Å²) in [5, 5.41) is 16.6. The second kappa shape index (κ2) is 4.88. The molecule has 2 heterocycles. The largest absolute Gasteiger partial charge is 0.392 e. The molecule has 0 radical (unpaired) electrons. The number of aliphatic hydroxyl groups is 1. The van der Waals surface area contributed by atoms with Gasteiger partial charge in [-0.05, 0) is 12.0 Å². The SMILES string of the molecule is O[C@H]1CN[C@H](c2nc(Cc3ccccc3)no2)C1. The van der Waals surface area contributed by atoms with E-state index in [2.05, 4.69) is 15.5 Å². The third-order valence-electron chi connectivity index (χ3n) is 3.09. The smallest absolute Gasteiger partial charge is 0.243 e. The Morgan fingerprint density at radius 3 is 2.89 bits per heavy atom. The molecule has 1 aliphatic rings. The minimum atomic E-state index is -0.320. The number of nitrogens with zero attached hydrogens (tertiary/aromatic N) is 2. The topological polar surface area (TPSA) is 71.2 Å². The third-order valence-corrected chi connectivity index (χ3v) is 3.09. The fraction of sp³-hybridized carbons (Fsp3) is 0.385. The van der Waals surface area contributed by atoms with Crippen molar-refractivity contribution in [2.24, 2.45) is 0 Å². The molecule has 2 aromatic rings. The van der Waals surface area contributed by atoms with Gasteiger partial charge in [-0.2, -0.15) is 4.98 Å². The molecule has 18 heavy (non-hydrogen) atoms. The first-order chi connectivity index (χ1) is 8.81. The van der Waals surface area contributed by atoms with Crippen LogP contribution < -0.4 is 5.32 Å². The molecule has 0 amide bonds. The maximum absolute atomic E-state index is 9.45. The molecule has 2 N–H and O–H groups in total. The zero-order valence-electron chi connectivity index (χ0n) is 9.91. The summed E-state index contributed by atoms with van der Waals surface area (Å²) >= 11 is 0. The van der Waals surface area contributed by atoms with Crippen LogP contribution in [0.3, 0.4) is 0 Å². The number of hydrogen-bond donors (Lipinski definition) is 2. The molecule has 2 atom stereocenters. The summed E-state index contributed by atoms with van der Waals surface area (Å²) in [6, 6.07) is 10.0. The molecule has 94 valence electrons. The van der Waals surface area contributed by atoms with Crippen LogP contribution in [0.2, 0.25) is 0 Å². The van der Waals surface area contributed by atoms with Crippen molar-refractivity contribution in [2.75, 3.05) is 6.54 Å². The van der Waals surface area contributed by atoms with E-state index in [0.717, 1.165) is 5.56 Å². The molecule has 0 bridgehead atoms. The first-order valence-electron chi connectivity index (χ1n) is 6.09. The van der Waals surface area contributed by atoms with Crippen molar-refractivity contribution >= 4 is 0 Å². The first-order valence-corrected chi connectivity index (χ1v) is 6.09. The maximum Gasteiger partial charge on any atom is 0.243 e. The number of hydrogen-bond acceptors (Lipinski definition) is 5. The van der Waals surface area contributed by atoms with E-state index in [9.17, 15) is 5.11 Å². The molecule has 0 aliphatic carbocycles. The highest BCUT2D eigenvalue weighted by molar-refractivity contribution is 5.18. The number of nitrogens with one attached hydrogen (secondary N) is 1. The van der Waals surface area contributed by atoms with Crippen LogP contribution in [0.25, 0.3) is 0 Å². The van der Waals surface area contributed by atoms with Crippen molar-refractivity contribution in [3.8, 4) is 0 Å². The molecule has 0 unspecified atom stereocenters. The number of aliphatic hydroxyl groups excluding tert-OH is 1. The van der Waals surface area contributed by atoms with Crippen LogP contribution in [-0.4, -0.2) is 27.9 Å². The van der Waals surface area contributed by atoms with Crippen molar-refractivity contribution in [3.63, 3.8) is 0 Å². The van der Waals surface area contributed by atoms with Crippen LogP contribution in [0.1, 0.15) is 29.7 Å². The average Bonchev–Trinajstić information content (AvgIpc) is 2.99. The Balaban J connectivity index is 1.70. The van der Waals surface area contributed by atoms with E-state index >= 15 is 0 Å². The summed E-state index contributed by atoms with van der Waals surface area (Å²) in [5.41, 5.74) is 1.16. The van der Waals surface area contributed by atoms with Gasteiger partial charge < -0.3 is 14.9 Å². The summed E-state index contributed by atoms with van der Waals surface area (Å²) in [6.45, 7) is 0.584. The van der Waals surface area contributed by atoms with E-state index in [4.69, 9.17) is 4.52 Å². The average molecular weight is 245 g/mol. The van der Waals surface area contributed by atoms with E-state index in [-0.39, 0.29) is 12.1 Å². The van der Waals surface area contributed by atoms with Crippen molar-refractivity contribution < 1.29 is 9.63 Å². The van der Waals surface area contributed by atoms with E-state index in [1.54, 1.807) is 0 Å². The van der Waals surface area contributed by atoms with Crippen molar-refractivity contribution in [1.29, 1.82) is 0 Å². The molecule has 5 nitrogen and oxygen atoms in total. The summed E-state index contributed by atoms with van der Waals surface area (Å²) in [7, 11) is 0. The van der Waals surface area contributed by atoms with Gasteiger partial charge in [0.15, 0.2) is 5.82 Å². The molecular weight excluding hydrogens is 230 g/mol. The van der Waals surface area contributed by atoms with Gasteiger partial charge in [0.05, 0.1) is 12.1 Å². The number of β-amino-alcohol motifs (C(OH)–C–C–N with tert-alkyl or cyclic N) is 1. The molecule has 1 aromatic carbocycles. The Bertz CT molecular complexity index is 512. The van der Waals surface area contributed by atoms with Crippen molar-refractivity contribution in [2.45, 2.75) is 25.0 Å². The highest BCUT2D eigenvalue weighted by atomic mass is 16.5. The standard InChI is InChI=1S/C13H15N3O2/c17-10-7-11(14-8-10)13-15-12(16-18-13)6-9-4-2-1-3-5-9/h1-5,10-11,14,17H,6-8H2/t10-,11+/m1/s1. The summed E-state index contributed by atoms with van der Waals surface area (Å²) < 4.78 is 5.23. The number of aromatic nitrogens is 2. The van der Waals surface area contributed by atoms with Gasteiger partial charge in [0.1, 0.15) is 0 Å². The second-order valence-electron chi connectivity index (χ2n) is 4.56. The quantitative estimate of drug-likeness (QED) is 0.846. The molecule has 0 spiro atoms. The summed E-state index contributed by atoms with van der Waals surface area (Å²) in [4.78, 5) is 4.37. The lowest BCUT2D eigenvalue weighted by atomic mass is 10.1. The van der Waals surface area contributed by atoms with E-state index in [1.807, 2.05) is 30.3 Å². The van der Waals surface area contributed by atoms with Crippen LogP contribution in [0, 0.1) is 0 Å². The number of rotatable bonds is 3. The highest BCUT2D eigenvalue weighted by Crippen LogP contribution is 2.22. The fourth-order valence-corrected chi connectivity index (χ4v) is 2.16. The zero-order chi connectivity index (χ0) is 12.4. The van der Waals surface area contributed by atoms with Gasteiger partial charge in [-0.15, -0.1) is 0 Å². The Hall–Kier alpha value is -1.72. The predicted octanol–water partition coefficient (Wildman–Crippen LogP) is 1.06. The van der Waals surface area contributed by atoms with Crippen LogP contribution >= 0.6 is 0 Å². The normalized spacial score (nSPS) is 23.4. The molecule has 1 aliphatic heterocycles. The van der Waals surface area contributed by atoms with Crippen LogP contribution in [0.5, 0.6) is 0 Å². The van der Waals surface area contributed by atoms with Gasteiger partial charge in [0.25, 0.3) is 0 Å². The lowest BCUT2D eigenvalue weighted by Crippen LogP contribution is -2.15. The van der Waals surface area contributed by atoms with Crippen molar-refractivity contribution in [1.82, 2.24) is 15.5 Å². The Kier molecular flexibility index (Phi) is 3.08. The molecule has 5 heteroatoms. The summed E-state index contributed by atoms with van der Waals surface area (Å²) in [6.07, 6.45) is 0.978. The van der Waals surface area contributed by atoms with Gasteiger partial charge in [0.2, 0.25) is 5.89 Å². The lowest BCUT2D eigenvalue weighted by Gasteiger charge is -2.01. The van der Waals surface area contributed by atoms with Crippen LogP contribution in [0.15, 0.2) is 34.9 Å². The Morgan fingerprint density at radius 2 is 2.17 bits per heavy atom. The molecule has 1 saturated heterocycles. The minimum Gasteiger partial charge on any atom is -0.392 e. The third kappa shape index (κ3) is 2.42. The molecule has 1 fully saturated rings. The van der Waals surface area contributed by atoms with E-state index in [0.29, 0.717) is 31.1 Å². The summed E-state index contributed by atoms with van der Waals surface area (Å²) in [5.74, 6) is 1.25. The Labute approximate surface area is 105 Å².